The van der Waals surface area contributed by atoms with Gasteiger partial charge < -0.3 is 29.7 Å². The maximum absolute atomic E-state index is 13.4. The van der Waals surface area contributed by atoms with E-state index in [0.717, 1.165) is 62.5 Å². The van der Waals surface area contributed by atoms with Crippen LogP contribution in [0.1, 0.15) is 93.1 Å². The van der Waals surface area contributed by atoms with Crippen LogP contribution >= 0.6 is 0 Å². The van der Waals surface area contributed by atoms with Gasteiger partial charge in [0.25, 0.3) is 0 Å². The van der Waals surface area contributed by atoms with Crippen molar-refractivity contribution >= 4 is 18.0 Å². The highest BCUT2D eigenvalue weighted by Crippen LogP contribution is 2.43. The molecule has 1 fully saturated rings. The van der Waals surface area contributed by atoms with Crippen molar-refractivity contribution in [2.24, 2.45) is 0 Å². The molecule has 44 heavy (non-hydrogen) atoms. The van der Waals surface area contributed by atoms with Gasteiger partial charge in [-0.25, -0.2) is 4.79 Å². The molecule has 4 rings (SSSR count). The summed E-state index contributed by atoms with van der Waals surface area (Å²) < 4.78 is 19.3. The number of hydrogen-bond acceptors (Lipinski definition) is 7. The monoisotopic (exact) mass is 605 g/mol. The first-order valence-corrected chi connectivity index (χ1v) is 16.1. The topological polar surface area (TPSA) is 114 Å². The van der Waals surface area contributed by atoms with E-state index >= 15 is 0 Å². The third-order valence-corrected chi connectivity index (χ3v) is 8.23. The van der Waals surface area contributed by atoms with Crippen LogP contribution in [0.5, 0.6) is 5.75 Å². The number of aliphatic hydroxyl groups is 1. The maximum atomic E-state index is 13.4. The molecule has 2 aromatic carbocycles. The average molecular weight is 606 g/mol. The summed E-state index contributed by atoms with van der Waals surface area (Å²) in [6.07, 6.45) is 12.5. The van der Waals surface area contributed by atoms with Crippen molar-refractivity contribution in [3.05, 3.63) is 82.9 Å². The predicted octanol–water partition coefficient (Wildman–Crippen LogP) is 6.25. The fourth-order valence-corrected chi connectivity index (χ4v) is 5.82. The second kappa shape index (κ2) is 16.6. The molecule has 8 heteroatoms. The number of phenolic OH excluding ortho intramolecular Hbond substituents is 1. The molecule has 238 valence electrons. The lowest BCUT2D eigenvalue weighted by molar-refractivity contribution is -0.190. The summed E-state index contributed by atoms with van der Waals surface area (Å²) in [5.41, 5.74) is 2.61. The Hall–Kier alpha value is -3.46. The zero-order chi connectivity index (χ0) is 31.4. The molecular formula is C36H47NO7. The highest BCUT2D eigenvalue weighted by atomic mass is 16.8. The van der Waals surface area contributed by atoms with E-state index in [9.17, 15) is 19.8 Å². The fourth-order valence-electron chi connectivity index (χ4n) is 5.82. The zero-order valence-electron chi connectivity index (χ0n) is 26.0. The number of nitrogens with one attached hydrogen (secondary N) is 1. The van der Waals surface area contributed by atoms with Crippen LogP contribution in [-0.2, 0) is 25.4 Å². The summed E-state index contributed by atoms with van der Waals surface area (Å²) in [6, 6.07) is 14.4. The Balaban J connectivity index is 1.48. The average Bonchev–Trinajstić information content (AvgIpc) is 3.40. The van der Waals surface area contributed by atoms with E-state index in [1.807, 2.05) is 36.4 Å². The van der Waals surface area contributed by atoms with E-state index < -0.39 is 30.1 Å². The van der Waals surface area contributed by atoms with Crippen LogP contribution in [0.15, 0.2) is 66.3 Å². The number of hydrogen-bond donors (Lipinski definition) is 3. The molecule has 3 N–H and O–H groups in total. The molecule has 1 saturated heterocycles. The Bertz CT molecular complexity index is 1280. The molecule has 2 aliphatic rings. The summed E-state index contributed by atoms with van der Waals surface area (Å²) in [4.78, 5) is 26.3. The van der Waals surface area contributed by atoms with E-state index in [-0.39, 0.29) is 31.2 Å². The molecule has 1 aliphatic heterocycles. The lowest BCUT2D eigenvalue weighted by Crippen LogP contribution is -2.43. The number of phenols is 1. The third-order valence-electron chi connectivity index (χ3n) is 8.23. The van der Waals surface area contributed by atoms with Gasteiger partial charge >= 0.3 is 5.97 Å². The molecule has 0 saturated carbocycles. The predicted molar refractivity (Wildman–Crippen MR) is 170 cm³/mol. The standard InChI is InChI=1S/C36H47NO7/c1-3-5-9-20-36(21-10-6-4-2)43-32-25-29(34(40)37-22-23-38)24-31(33(32)44-36)42-35(41)28-18-16-26(17-19-28)12-11-14-27-13-7-8-15-30(27)39/h7-8,11-13,15-19,25,31-33,38-39H,3-6,9-10,14,20-24H2,1-2H3,(H,37,40)/t31-,32-,33+/m1/s1. The summed E-state index contributed by atoms with van der Waals surface area (Å²) in [5.74, 6) is -1.31. The van der Waals surface area contributed by atoms with E-state index in [1.165, 1.54) is 0 Å². The van der Waals surface area contributed by atoms with Gasteiger partial charge in [-0.15, -0.1) is 0 Å². The lowest BCUT2D eigenvalue weighted by atomic mass is 9.91. The maximum Gasteiger partial charge on any atom is 0.338 e. The van der Waals surface area contributed by atoms with Crippen LogP contribution < -0.4 is 5.32 Å². The molecule has 0 spiro atoms. The highest BCUT2D eigenvalue weighted by molar-refractivity contribution is 5.94. The van der Waals surface area contributed by atoms with Gasteiger partial charge in [0.1, 0.15) is 24.1 Å². The van der Waals surface area contributed by atoms with Gasteiger partial charge in [-0.05, 0) is 54.7 Å². The van der Waals surface area contributed by atoms with Gasteiger partial charge in [0.15, 0.2) is 5.79 Å². The van der Waals surface area contributed by atoms with Crippen LogP contribution in [0.25, 0.3) is 6.08 Å². The van der Waals surface area contributed by atoms with Gasteiger partial charge in [0, 0.05) is 31.4 Å². The number of ether oxygens (including phenoxy) is 3. The number of unbranched alkanes of at least 4 members (excludes halogenated alkanes) is 4. The van der Waals surface area contributed by atoms with Crippen LogP contribution in [-0.4, -0.2) is 59.3 Å². The molecule has 1 amide bonds. The second-order valence-corrected chi connectivity index (χ2v) is 11.7. The number of esters is 1. The lowest BCUT2D eigenvalue weighted by Gasteiger charge is -2.31. The SMILES string of the molecule is CCCCCC1(CCCCC)O[C@@H]2[C@@H](C=C(C(=O)NCCO)C[C@H]2OC(=O)c2ccc(C=CCc3ccccc3O)cc2)O1. The number of carbonyl (C=O) groups is 2. The molecule has 8 nitrogen and oxygen atoms in total. The Labute approximate surface area is 261 Å². The molecule has 0 aromatic heterocycles. The van der Waals surface area contributed by atoms with Gasteiger partial charge in [-0.1, -0.05) is 82.0 Å². The summed E-state index contributed by atoms with van der Waals surface area (Å²) in [6.45, 7) is 4.29. The molecule has 0 bridgehead atoms. The molecule has 1 aliphatic carbocycles. The van der Waals surface area contributed by atoms with E-state index in [2.05, 4.69) is 19.2 Å². The molecular weight excluding hydrogens is 558 g/mol. The summed E-state index contributed by atoms with van der Waals surface area (Å²) >= 11 is 0. The normalized spacial score (nSPS) is 20.7. The van der Waals surface area contributed by atoms with E-state index in [1.54, 1.807) is 30.3 Å². The second-order valence-electron chi connectivity index (χ2n) is 11.7. The number of aliphatic hydroxyl groups excluding tert-OH is 1. The van der Waals surface area contributed by atoms with Gasteiger partial charge in [-0.3, -0.25) is 4.79 Å². The van der Waals surface area contributed by atoms with Crippen LogP contribution in [0.4, 0.5) is 0 Å². The number of fused-ring (bicyclic) bond motifs is 1. The first-order valence-electron chi connectivity index (χ1n) is 16.1. The first-order chi connectivity index (χ1) is 21.4. The van der Waals surface area contributed by atoms with Crippen molar-refractivity contribution in [2.75, 3.05) is 13.2 Å². The van der Waals surface area contributed by atoms with Crippen molar-refractivity contribution in [2.45, 2.75) is 102 Å². The first kappa shape index (κ1) is 33.4. The van der Waals surface area contributed by atoms with Crippen molar-refractivity contribution in [1.29, 1.82) is 0 Å². The number of para-hydroxylation sites is 1. The number of allylic oxidation sites excluding steroid dienone is 1. The van der Waals surface area contributed by atoms with Gasteiger partial charge in [0.05, 0.1) is 12.2 Å². The third kappa shape index (κ3) is 9.03. The Morgan fingerprint density at radius 1 is 1.00 bits per heavy atom. The van der Waals surface area contributed by atoms with Crippen LogP contribution in [0.2, 0.25) is 0 Å². The largest absolute Gasteiger partial charge is 0.508 e. The quantitative estimate of drug-likeness (QED) is 0.153. The van der Waals surface area contributed by atoms with Crippen molar-refractivity contribution in [3.63, 3.8) is 0 Å². The fraction of sp³-hybridized carbons (Fsp3) is 0.500. The number of amides is 1. The van der Waals surface area contributed by atoms with Crippen molar-refractivity contribution in [1.82, 2.24) is 5.32 Å². The van der Waals surface area contributed by atoms with Crippen LogP contribution in [0, 0.1) is 0 Å². The minimum Gasteiger partial charge on any atom is -0.508 e. The van der Waals surface area contributed by atoms with Gasteiger partial charge in [0.2, 0.25) is 5.91 Å². The Morgan fingerprint density at radius 2 is 1.70 bits per heavy atom. The zero-order valence-corrected chi connectivity index (χ0v) is 26.0. The Kier molecular flexibility index (Phi) is 12.6. The van der Waals surface area contributed by atoms with Crippen molar-refractivity contribution < 1.29 is 34.0 Å². The van der Waals surface area contributed by atoms with Gasteiger partial charge in [-0.2, -0.15) is 0 Å². The number of benzene rings is 2. The molecule has 2 aromatic rings. The highest BCUT2D eigenvalue weighted by Gasteiger charge is 2.52. The number of aromatic hydroxyl groups is 1. The summed E-state index contributed by atoms with van der Waals surface area (Å²) in [5, 5.41) is 21.9. The summed E-state index contributed by atoms with van der Waals surface area (Å²) in [7, 11) is 0. The molecule has 0 radical (unpaired) electrons. The number of rotatable bonds is 16. The van der Waals surface area contributed by atoms with E-state index in [0.29, 0.717) is 17.6 Å². The van der Waals surface area contributed by atoms with Crippen LogP contribution in [0.3, 0.4) is 0 Å². The Morgan fingerprint density at radius 3 is 2.36 bits per heavy atom. The van der Waals surface area contributed by atoms with E-state index in [4.69, 9.17) is 14.2 Å². The smallest absolute Gasteiger partial charge is 0.338 e. The number of carbonyl (C=O) groups excluding carboxylic acids is 2. The minimum atomic E-state index is -0.775. The minimum absolute atomic E-state index is 0.136. The molecule has 0 unspecified atom stereocenters. The molecule has 3 atom stereocenters. The van der Waals surface area contributed by atoms with Crippen molar-refractivity contribution in [3.8, 4) is 5.75 Å². The molecule has 1 heterocycles.